The molecule has 0 bridgehead atoms. The fourth-order valence-electron chi connectivity index (χ4n) is 3.18. The Morgan fingerprint density at radius 2 is 1.61 bits per heavy atom. The molecule has 6 heteroatoms. The van der Waals surface area contributed by atoms with Crippen LogP contribution in [-0.2, 0) is 16.0 Å². The molecule has 0 aliphatic carbocycles. The van der Waals surface area contributed by atoms with E-state index in [-0.39, 0.29) is 12.1 Å². The second-order valence-corrected chi connectivity index (χ2v) is 7.73. The van der Waals surface area contributed by atoms with Gasteiger partial charge in [0, 0.05) is 19.6 Å². The molecule has 6 nitrogen and oxygen atoms in total. The highest BCUT2D eigenvalue weighted by atomic mass is 16.6. The number of carbonyl (C=O) groups excluding carboxylic acids is 2. The number of hydrogen-bond acceptors (Lipinski definition) is 5. The summed E-state index contributed by atoms with van der Waals surface area (Å²) in [5.74, 6) is -0.345. The van der Waals surface area contributed by atoms with E-state index < -0.39 is 5.60 Å². The predicted octanol–water partition coefficient (Wildman–Crippen LogP) is 4.23. The Bertz CT molecular complexity index is 856. The molecule has 28 heavy (non-hydrogen) atoms. The van der Waals surface area contributed by atoms with Gasteiger partial charge in [-0.25, -0.2) is 9.59 Å². The zero-order valence-corrected chi connectivity index (χ0v) is 16.8. The van der Waals surface area contributed by atoms with Crippen molar-refractivity contribution < 1.29 is 19.1 Å². The van der Waals surface area contributed by atoms with Crippen molar-refractivity contribution in [2.75, 3.05) is 30.0 Å². The van der Waals surface area contributed by atoms with E-state index in [2.05, 4.69) is 4.90 Å². The van der Waals surface area contributed by atoms with Gasteiger partial charge >= 0.3 is 12.1 Å². The van der Waals surface area contributed by atoms with Crippen LogP contribution >= 0.6 is 0 Å². The van der Waals surface area contributed by atoms with Crippen molar-refractivity contribution in [1.82, 2.24) is 0 Å². The lowest BCUT2D eigenvalue weighted by Gasteiger charge is -2.38. The average molecular weight is 382 g/mol. The zero-order chi connectivity index (χ0) is 20.3. The number of ether oxygens (including phenoxy) is 2. The standard InChI is InChI=1S/C22H26N2O4/c1-22(2,3)28-21(26)24-14-13-23(18-7-5-6-8-19(18)24)15-16-9-11-17(12-10-16)20(25)27-4/h5-12H,13-15H2,1-4H3. The molecule has 2 aromatic carbocycles. The first-order chi connectivity index (χ1) is 13.3. The Labute approximate surface area is 165 Å². The minimum Gasteiger partial charge on any atom is -0.465 e. The molecule has 1 amide bonds. The van der Waals surface area contributed by atoms with E-state index in [0.29, 0.717) is 25.2 Å². The molecule has 0 N–H and O–H groups in total. The van der Waals surface area contributed by atoms with Crippen LogP contribution in [0.25, 0.3) is 0 Å². The Hall–Kier alpha value is -3.02. The van der Waals surface area contributed by atoms with E-state index in [4.69, 9.17) is 9.47 Å². The summed E-state index contributed by atoms with van der Waals surface area (Å²) in [5, 5.41) is 0. The molecule has 0 fully saturated rings. The number of anilines is 2. The lowest BCUT2D eigenvalue weighted by atomic mass is 10.1. The number of nitrogens with zero attached hydrogens (tertiary/aromatic N) is 2. The molecule has 0 atom stereocenters. The lowest BCUT2D eigenvalue weighted by Crippen LogP contribution is -2.45. The van der Waals surface area contributed by atoms with Crippen molar-refractivity contribution in [3.63, 3.8) is 0 Å². The van der Waals surface area contributed by atoms with Gasteiger partial charge in [0.25, 0.3) is 0 Å². The fourth-order valence-corrected chi connectivity index (χ4v) is 3.18. The molecule has 1 aliphatic heterocycles. The third kappa shape index (κ3) is 4.44. The largest absolute Gasteiger partial charge is 0.465 e. The van der Waals surface area contributed by atoms with Crippen LogP contribution in [0.5, 0.6) is 0 Å². The lowest BCUT2D eigenvalue weighted by molar-refractivity contribution is 0.0576. The molecule has 0 radical (unpaired) electrons. The van der Waals surface area contributed by atoms with E-state index in [1.807, 2.05) is 57.2 Å². The monoisotopic (exact) mass is 382 g/mol. The zero-order valence-electron chi connectivity index (χ0n) is 16.8. The Balaban J connectivity index is 1.79. The summed E-state index contributed by atoms with van der Waals surface area (Å²) < 4.78 is 10.3. The van der Waals surface area contributed by atoms with Gasteiger partial charge < -0.3 is 14.4 Å². The summed E-state index contributed by atoms with van der Waals surface area (Å²) in [6, 6.07) is 15.2. The first-order valence-corrected chi connectivity index (χ1v) is 9.30. The van der Waals surface area contributed by atoms with Gasteiger partial charge in [0.15, 0.2) is 0 Å². The number of para-hydroxylation sites is 2. The molecule has 1 heterocycles. The number of carbonyl (C=O) groups is 2. The Morgan fingerprint density at radius 1 is 0.964 bits per heavy atom. The number of esters is 1. The van der Waals surface area contributed by atoms with Gasteiger partial charge in [-0.15, -0.1) is 0 Å². The summed E-state index contributed by atoms with van der Waals surface area (Å²) in [4.78, 5) is 28.1. The Kier molecular flexibility index (Phi) is 5.58. The quantitative estimate of drug-likeness (QED) is 0.744. The smallest absolute Gasteiger partial charge is 0.414 e. The molecule has 0 saturated carbocycles. The molecule has 148 valence electrons. The fraction of sp³-hybridized carbons (Fsp3) is 0.364. The van der Waals surface area contributed by atoms with Crippen molar-refractivity contribution in [2.45, 2.75) is 32.9 Å². The van der Waals surface area contributed by atoms with Crippen LogP contribution in [-0.4, -0.2) is 37.9 Å². The molecule has 2 aromatic rings. The normalized spacial score (nSPS) is 13.7. The van der Waals surface area contributed by atoms with Crippen LogP contribution in [0.3, 0.4) is 0 Å². The number of rotatable bonds is 3. The SMILES string of the molecule is COC(=O)c1ccc(CN2CCN(C(=O)OC(C)(C)C)c3ccccc32)cc1. The number of benzene rings is 2. The number of methoxy groups -OCH3 is 1. The maximum atomic E-state index is 12.6. The molecule has 0 spiro atoms. The highest BCUT2D eigenvalue weighted by Crippen LogP contribution is 2.34. The van der Waals surface area contributed by atoms with E-state index in [1.165, 1.54) is 7.11 Å². The molecular formula is C22H26N2O4. The van der Waals surface area contributed by atoms with E-state index in [1.54, 1.807) is 17.0 Å². The highest BCUT2D eigenvalue weighted by molar-refractivity contribution is 5.94. The molecular weight excluding hydrogens is 356 g/mol. The summed E-state index contributed by atoms with van der Waals surface area (Å²) in [6.07, 6.45) is -0.331. The molecule has 0 aromatic heterocycles. The van der Waals surface area contributed by atoms with Crippen molar-refractivity contribution >= 4 is 23.4 Å². The van der Waals surface area contributed by atoms with Crippen molar-refractivity contribution in [1.29, 1.82) is 0 Å². The van der Waals surface area contributed by atoms with Crippen LogP contribution in [0.4, 0.5) is 16.2 Å². The van der Waals surface area contributed by atoms with Crippen molar-refractivity contribution in [3.8, 4) is 0 Å². The van der Waals surface area contributed by atoms with E-state index in [0.717, 1.165) is 16.9 Å². The summed E-state index contributed by atoms with van der Waals surface area (Å²) >= 11 is 0. The van der Waals surface area contributed by atoms with E-state index in [9.17, 15) is 9.59 Å². The third-order valence-corrected chi connectivity index (χ3v) is 4.47. The average Bonchev–Trinajstić information content (AvgIpc) is 2.66. The number of amides is 1. The predicted molar refractivity (Wildman–Crippen MR) is 109 cm³/mol. The second-order valence-electron chi connectivity index (χ2n) is 7.73. The molecule has 0 unspecified atom stereocenters. The maximum absolute atomic E-state index is 12.6. The third-order valence-electron chi connectivity index (χ3n) is 4.47. The number of fused-ring (bicyclic) bond motifs is 1. The van der Waals surface area contributed by atoms with E-state index >= 15 is 0 Å². The number of hydrogen-bond donors (Lipinski definition) is 0. The van der Waals surface area contributed by atoms with Gasteiger partial charge in [0.2, 0.25) is 0 Å². The molecule has 3 rings (SSSR count). The van der Waals surface area contributed by atoms with Crippen LogP contribution in [0.15, 0.2) is 48.5 Å². The van der Waals surface area contributed by atoms with Gasteiger partial charge in [-0.1, -0.05) is 24.3 Å². The van der Waals surface area contributed by atoms with Gasteiger partial charge in [0.05, 0.1) is 24.0 Å². The minimum atomic E-state index is -0.537. The van der Waals surface area contributed by atoms with Crippen LogP contribution in [0, 0.1) is 0 Å². The van der Waals surface area contributed by atoms with Crippen molar-refractivity contribution in [3.05, 3.63) is 59.7 Å². The van der Waals surface area contributed by atoms with Crippen LogP contribution in [0.1, 0.15) is 36.7 Å². The summed E-state index contributed by atoms with van der Waals surface area (Å²) in [6.45, 7) is 7.52. The first-order valence-electron chi connectivity index (χ1n) is 9.30. The Morgan fingerprint density at radius 3 is 2.21 bits per heavy atom. The van der Waals surface area contributed by atoms with Crippen LogP contribution in [0.2, 0.25) is 0 Å². The van der Waals surface area contributed by atoms with Gasteiger partial charge in [-0.3, -0.25) is 4.90 Å². The minimum absolute atomic E-state index is 0.331. The van der Waals surface area contributed by atoms with Gasteiger partial charge in [0.1, 0.15) is 5.60 Å². The van der Waals surface area contributed by atoms with Crippen molar-refractivity contribution in [2.24, 2.45) is 0 Å². The highest BCUT2D eigenvalue weighted by Gasteiger charge is 2.30. The molecule has 0 saturated heterocycles. The topological polar surface area (TPSA) is 59.1 Å². The summed E-state index contributed by atoms with van der Waals surface area (Å²) in [7, 11) is 1.37. The summed E-state index contributed by atoms with van der Waals surface area (Å²) in [5.41, 5.74) is 2.89. The maximum Gasteiger partial charge on any atom is 0.414 e. The first kappa shape index (κ1) is 19.7. The van der Waals surface area contributed by atoms with Gasteiger partial charge in [-0.2, -0.15) is 0 Å². The van der Waals surface area contributed by atoms with Crippen LogP contribution < -0.4 is 9.80 Å². The van der Waals surface area contributed by atoms with Gasteiger partial charge in [-0.05, 0) is 50.6 Å². The second kappa shape index (κ2) is 7.92. The molecule has 1 aliphatic rings.